The van der Waals surface area contributed by atoms with E-state index in [0.717, 1.165) is 13.1 Å². The van der Waals surface area contributed by atoms with Crippen molar-refractivity contribution in [1.82, 2.24) is 0 Å². The second-order valence-electron chi connectivity index (χ2n) is 6.61. The van der Waals surface area contributed by atoms with Gasteiger partial charge in [-0.15, -0.1) is 0 Å². The predicted molar refractivity (Wildman–Crippen MR) is 103 cm³/mol. The van der Waals surface area contributed by atoms with Crippen LogP contribution in [0, 0.1) is 0 Å². The van der Waals surface area contributed by atoms with E-state index in [-0.39, 0.29) is 24.8 Å². The number of nitrogens with two attached hydrogens (primary N) is 2. The fourth-order valence-corrected chi connectivity index (χ4v) is 3.65. The molecular weight excluding hydrogens is 363 g/mol. The Morgan fingerprint density at radius 3 is 1.15 bits per heavy atom. The summed E-state index contributed by atoms with van der Waals surface area (Å²) in [5, 5.41) is 10.6. The van der Waals surface area contributed by atoms with E-state index >= 15 is 0 Å². The molecule has 0 heterocycles. The molecule has 3 rings (SSSR count). The first-order valence-corrected chi connectivity index (χ1v) is 9.41. The molecule has 0 spiro atoms. The van der Waals surface area contributed by atoms with Gasteiger partial charge in [-0.05, 0) is 34.4 Å². The number of fused-ring (bicyclic) bond motifs is 2. The largest absolute Gasteiger partial charge is 1.00 e. The van der Waals surface area contributed by atoms with Crippen LogP contribution in [0.3, 0.4) is 0 Å². The van der Waals surface area contributed by atoms with Crippen molar-refractivity contribution in [3.63, 3.8) is 0 Å². The third-order valence-electron chi connectivity index (χ3n) is 4.84. The molecule has 0 aliphatic rings. The topological polar surface area (TPSA) is 33.2 Å². The lowest BCUT2D eigenvalue weighted by Crippen LogP contribution is -3.00. The summed E-state index contributed by atoms with van der Waals surface area (Å²) in [4.78, 5) is 0. The van der Waals surface area contributed by atoms with Gasteiger partial charge in [0, 0.05) is 11.1 Å². The summed E-state index contributed by atoms with van der Waals surface area (Å²) in [6.07, 6.45) is 2.44. The van der Waals surface area contributed by atoms with Gasteiger partial charge >= 0.3 is 0 Å². The number of rotatable bonds is 8. The average Bonchev–Trinajstić information content (AvgIpc) is 2.63. The molecule has 0 aliphatic carbocycles. The summed E-state index contributed by atoms with van der Waals surface area (Å²) in [5.74, 6) is 0. The Bertz CT molecular complexity index is 693. The Morgan fingerprint density at radius 2 is 0.885 bits per heavy atom. The maximum atomic E-state index is 2.44. The third kappa shape index (κ3) is 4.89. The number of quaternary nitrogens is 2. The van der Waals surface area contributed by atoms with E-state index in [0.29, 0.717) is 0 Å². The summed E-state index contributed by atoms with van der Waals surface area (Å²) in [6, 6.07) is 17.9. The Labute approximate surface area is 169 Å². The molecule has 4 N–H and O–H groups in total. The van der Waals surface area contributed by atoms with Crippen molar-refractivity contribution in [3.8, 4) is 0 Å². The molecule has 0 fully saturated rings. The van der Waals surface area contributed by atoms with E-state index < -0.39 is 0 Å². The normalized spacial score (nSPS) is 10.5. The van der Waals surface area contributed by atoms with Crippen molar-refractivity contribution in [1.29, 1.82) is 0 Å². The maximum absolute atomic E-state index is 2.44. The number of hydrogen-bond acceptors (Lipinski definition) is 0. The Balaban J connectivity index is 0.00000169. The van der Waals surface area contributed by atoms with E-state index in [2.05, 4.69) is 73.0 Å². The quantitative estimate of drug-likeness (QED) is 0.301. The lowest BCUT2D eigenvalue weighted by molar-refractivity contribution is -0.670. The summed E-state index contributed by atoms with van der Waals surface area (Å²) >= 11 is 0. The van der Waals surface area contributed by atoms with Gasteiger partial charge in [0.25, 0.3) is 0 Å². The molecule has 2 nitrogen and oxygen atoms in total. The fraction of sp³-hybridized carbons (Fsp3) is 0.364. The van der Waals surface area contributed by atoms with Crippen LogP contribution in [0.25, 0.3) is 21.5 Å². The Morgan fingerprint density at radius 1 is 0.577 bits per heavy atom. The average molecular weight is 393 g/mol. The molecule has 0 saturated carbocycles. The summed E-state index contributed by atoms with van der Waals surface area (Å²) in [6.45, 7) is 9.00. The van der Waals surface area contributed by atoms with Gasteiger partial charge in [0.15, 0.2) is 0 Å². The monoisotopic (exact) mass is 392 g/mol. The van der Waals surface area contributed by atoms with Gasteiger partial charge in [0.05, 0.1) is 13.1 Å². The molecule has 142 valence electrons. The second kappa shape index (κ2) is 11.4. The van der Waals surface area contributed by atoms with Crippen LogP contribution in [-0.2, 0) is 13.1 Å². The van der Waals surface area contributed by atoms with Crippen LogP contribution in [0.4, 0.5) is 0 Å². The fourth-order valence-electron chi connectivity index (χ4n) is 3.65. The van der Waals surface area contributed by atoms with Crippen LogP contribution in [-0.4, -0.2) is 13.1 Å². The zero-order valence-corrected chi connectivity index (χ0v) is 17.3. The first-order valence-electron chi connectivity index (χ1n) is 9.41. The lowest BCUT2D eigenvalue weighted by atomic mass is 9.91. The second-order valence-corrected chi connectivity index (χ2v) is 6.61. The van der Waals surface area contributed by atoms with Crippen molar-refractivity contribution in [3.05, 3.63) is 59.7 Å². The van der Waals surface area contributed by atoms with Crippen LogP contribution in [0.5, 0.6) is 0 Å². The van der Waals surface area contributed by atoms with Gasteiger partial charge in [0.1, 0.15) is 13.1 Å². The molecule has 0 amide bonds. The van der Waals surface area contributed by atoms with Gasteiger partial charge in [-0.1, -0.05) is 62.4 Å². The molecule has 0 aliphatic heterocycles. The summed E-state index contributed by atoms with van der Waals surface area (Å²) in [7, 11) is 0. The van der Waals surface area contributed by atoms with Gasteiger partial charge in [0.2, 0.25) is 0 Å². The number of halogens is 2. The molecule has 0 saturated heterocycles. The predicted octanol–water partition coefficient (Wildman–Crippen LogP) is -3.05. The summed E-state index contributed by atoms with van der Waals surface area (Å²) in [5.41, 5.74) is 2.99. The molecule has 0 bridgehead atoms. The highest BCUT2D eigenvalue weighted by molar-refractivity contribution is 6.05. The Kier molecular flexibility index (Phi) is 9.97. The third-order valence-corrected chi connectivity index (χ3v) is 4.84. The van der Waals surface area contributed by atoms with Crippen molar-refractivity contribution >= 4 is 21.5 Å². The maximum Gasteiger partial charge on any atom is 0.102 e. The van der Waals surface area contributed by atoms with E-state index in [9.17, 15) is 0 Å². The van der Waals surface area contributed by atoms with Gasteiger partial charge in [-0.2, -0.15) is 0 Å². The minimum Gasteiger partial charge on any atom is -1.00 e. The highest BCUT2D eigenvalue weighted by Gasteiger charge is 2.15. The molecule has 0 atom stereocenters. The number of hydrogen-bond donors (Lipinski definition) is 2. The highest BCUT2D eigenvalue weighted by atomic mass is 35.5. The molecular formula is C22H30Cl2N2. The molecule has 0 radical (unpaired) electrons. The number of benzene rings is 3. The van der Waals surface area contributed by atoms with Crippen LogP contribution in [0.15, 0.2) is 48.5 Å². The van der Waals surface area contributed by atoms with Crippen LogP contribution < -0.4 is 35.4 Å². The highest BCUT2D eigenvalue weighted by Crippen LogP contribution is 2.32. The molecule has 0 aromatic heterocycles. The van der Waals surface area contributed by atoms with Crippen LogP contribution >= 0.6 is 0 Å². The van der Waals surface area contributed by atoms with E-state index in [4.69, 9.17) is 0 Å². The van der Waals surface area contributed by atoms with Gasteiger partial charge < -0.3 is 35.4 Å². The SMILES string of the molecule is CCC[NH2+]Cc1c2ccccc2c(C[NH2+]CCC)c2ccccc12.[Cl-].[Cl-]. The van der Waals surface area contributed by atoms with E-state index in [1.54, 1.807) is 0 Å². The zero-order valence-electron chi connectivity index (χ0n) is 15.8. The van der Waals surface area contributed by atoms with Crippen LogP contribution in [0.1, 0.15) is 37.8 Å². The molecule has 4 heteroatoms. The lowest BCUT2D eigenvalue weighted by Gasteiger charge is -2.15. The minimum atomic E-state index is 0. The van der Waals surface area contributed by atoms with Crippen molar-refractivity contribution in [2.45, 2.75) is 39.8 Å². The molecule has 26 heavy (non-hydrogen) atoms. The van der Waals surface area contributed by atoms with E-state index in [1.165, 1.54) is 58.6 Å². The van der Waals surface area contributed by atoms with Crippen LogP contribution in [0.2, 0.25) is 0 Å². The molecule has 3 aromatic carbocycles. The Hall–Kier alpha value is -1.32. The van der Waals surface area contributed by atoms with Gasteiger partial charge in [-0.3, -0.25) is 0 Å². The van der Waals surface area contributed by atoms with Crippen molar-refractivity contribution in [2.24, 2.45) is 0 Å². The van der Waals surface area contributed by atoms with E-state index in [1.807, 2.05) is 0 Å². The first kappa shape index (κ1) is 22.7. The smallest absolute Gasteiger partial charge is 0.102 e. The standard InChI is InChI=1S/C22H28N2.2ClH/c1-3-13-23-15-21-17-9-5-7-11-19(17)22(16-24-14-4-2)20-12-8-6-10-18(20)21;;/h5-12,23-24H,3-4,13-16H2,1-2H3;2*1H. The van der Waals surface area contributed by atoms with Crippen molar-refractivity contribution < 1.29 is 35.4 Å². The zero-order chi connectivity index (χ0) is 16.8. The minimum absolute atomic E-state index is 0. The molecule has 0 unspecified atom stereocenters. The molecule has 3 aromatic rings. The summed E-state index contributed by atoms with van der Waals surface area (Å²) < 4.78 is 0. The van der Waals surface area contributed by atoms with Crippen molar-refractivity contribution in [2.75, 3.05) is 13.1 Å². The first-order chi connectivity index (χ1) is 11.9. The van der Waals surface area contributed by atoms with Gasteiger partial charge in [-0.25, -0.2) is 0 Å².